The molecule has 136 valence electrons. The lowest BCUT2D eigenvalue weighted by Gasteiger charge is -2.03. The smallest absolute Gasteiger partial charge is 0.259 e. The third-order valence-electron chi connectivity index (χ3n) is 4.38. The van der Waals surface area contributed by atoms with Gasteiger partial charge >= 0.3 is 0 Å². The zero-order chi connectivity index (χ0) is 18.8. The van der Waals surface area contributed by atoms with Crippen LogP contribution in [0.4, 0.5) is 5.69 Å². The summed E-state index contributed by atoms with van der Waals surface area (Å²) in [6.07, 6.45) is 3.45. The van der Waals surface area contributed by atoms with Gasteiger partial charge in [0.2, 0.25) is 0 Å². The highest BCUT2D eigenvalue weighted by molar-refractivity contribution is 6.13. The Morgan fingerprint density at radius 3 is 2.81 bits per heavy atom. The molecule has 0 spiro atoms. The van der Waals surface area contributed by atoms with Crippen molar-refractivity contribution in [1.82, 2.24) is 9.78 Å². The lowest BCUT2D eigenvalue weighted by atomic mass is 10.1. The number of carbonyl (C=O) groups excluding carboxylic acids is 1. The van der Waals surface area contributed by atoms with Crippen LogP contribution in [0.5, 0.6) is 5.75 Å². The average molecular weight is 361 g/mol. The van der Waals surface area contributed by atoms with E-state index in [2.05, 4.69) is 10.4 Å². The second-order valence-electron chi connectivity index (χ2n) is 6.26. The molecule has 1 amide bonds. The molecule has 6 nitrogen and oxygen atoms in total. The molecule has 0 saturated heterocycles. The van der Waals surface area contributed by atoms with Gasteiger partial charge in [0, 0.05) is 11.6 Å². The third-order valence-corrected chi connectivity index (χ3v) is 4.38. The van der Waals surface area contributed by atoms with Crippen molar-refractivity contribution >= 4 is 22.6 Å². The molecule has 2 heterocycles. The average Bonchev–Trinajstić information content (AvgIpc) is 3.24. The summed E-state index contributed by atoms with van der Waals surface area (Å²) in [4.78, 5) is 12.8. The van der Waals surface area contributed by atoms with Gasteiger partial charge in [-0.15, -0.1) is 0 Å². The molecule has 0 fully saturated rings. The van der Waals surface area contributed by atoms with E-state index < -0.39 is 0 Å². The Bertz CT molecular complexity index is 1100. The lowest BCUT2D eigenvalue weighted by molar-refractivity contribution is 0.102. The molecule has 0 aliphatic carbocycles. The van der Waals surface area contributed by atoms with E-state index in [1.54, 1.807) is 43.1 Å². The second kappa shape index (κ2) is 6.99. The highest BCUT2D eigenvalue weighted by Gasteiger charge is 2.19. The Morgan fingerprint density at radius 1 is 1.22 bits per heavy atom. The number of benzene rings is 2. The van der Waals surface area contributed by atoms with Gasteiger partial charge in [0.1, 0.15) is 17.1 Å². The van der Waals surface area contributed by atoms with Gasteiger partial charge in [0.15, 0.2) is 0 Å². The van der Waals surface area contributed by atoms with E-state index in [9.17, 15) is 4.79 Å². The predicted octanol–water partition coefficient (Wildman–Crippen LogP) is 4.25. The lowest BCUT2D eigenvalue weighted by Crippen LogP contribution is -2.12. The van der Waals surface area contributed by atoms with Crippen molar-refractivity contribution in [3.8, 4) is 5.75 Å². The summed E-state index contributed by atoms with van der Waals surface area (Å²) in [7, 11) is 1.59. The Labute approximate surface area is 156 Å². The first-order chi connectivity index (χ1) is 13.1. The molecule has 6 heteroatoms. The van der Waals surface area contributed by atoms with Gasteiger partial charge in [-0.2, -0.15) is 5.10 Å². The van der Waals surface area contributed by atoms with E-state index in [4.69, 9.17) is 9.15 Å². The van der Waals surface area contributed by atoms with Crippen LogP contribution in [0.15, 0.2) is 65.3 Å². The van der Waals surface area contributed by atoms with Crippen LogP contribution in [-0.4, -0.2) is 22.8 Å². The van der Waals surface area contributed by atoms with E-state index in [0.717, 1.165) is 10.9 Å². The van der Waals surface area contributed by atoms with Crippen molar-refractivity contribution in [3.05, 3.63) is 77.8 Å². The van der Waals surface area contributed by atoms with Crippen LogP contribution in [0.1, 0.15) is 21.7 Å². The first-order valence-corrected chi connectivity index (χ1v) is 8.59. The summed E-state index contributed by atoms with van der Waals surface area (Å²) in [5.74, 6) is 0.999. The van der Waals surface area contributed by atoms with Gasteiger partial charge in [-0.3, -0.25) is 9.48 Å². The number of hydrogen-bond acceptors (Lipinski definition) is 4. The standard InChI is InChI=1S/C21H19N3O3/c1-14-20(18-10-17(26-2)8-9-19(18)27-14)21(25)23-16-11-22-24(13-16)12-15-6-4-3-5-7-15/h3-11,13H,12H2,1-2H3,(H,23,25). The van der Waals surface area contributed by atoms with Crippen LogP contribution in [0.25, 0.3) is 11.0 Å². The van der Waals surface area contributed by atoms with Crippen molar-refractivity contribution < 1.29 is 13.9 Å². The van der Waals surface area contributed by atoms with Crippen LogP contribution in [0, 0.1) is 6.92 Å². The van der Waals surface area contributed by atoms with Crippen LogP contribution >= 0.6 is 0 Å². The summed E-state index contributed by atoms with van der Waals surface area (Å²) < 4.78 is 12.7. The molecule has 0 atom stereocenters. The number of hydrogen-bond donors (Lipinski definition) is 1. The van der Waals surface area contributed by atoms with Crippen molar-refractivity contribution in [3.63, 3.8) is 0 Å². The highest BCUT2D eigenvalue weighted by atomic mass is 16.5. The Hall–Kier alpha value is -3.54. The number of nitrogens with one attached hydrogen (secondary N) is 1. The van der Waals surface area contributed by atoms with E-state index in [-0.39, 0.29) is 5.91 Å². The zero-order valence-electron chi connectivity index (χ0n) is 15.1. The number of aromatic nitrogens is 2. The van der Waals surface area contributed by atoms with E-state index in [1.807, 2.05) is 36.5 Å². The number of aryl methyl sites for hydroxylation is 1. The maximum Gasteiger partial charge on any atom is 0.259 e. The molecule has 0 aliphatic rings. The highest BCUT2D eigenvalue weighted by Crippen LogP contribution is 2.29. The summed E-state index contributed by atoms with van der Waals surface area (Å²) in [6, 6.07) is 15.4. The minimum Gasteiger partial charge on any atom is -0.497 e. The monoisotopic (exact) mass is 361 g/mol. The number of anilines is 1. The molecular weight excluding hydrogens is 342 g/mol. The van der Waals surface area contributed by atoms with E-state index in [1.165, 1.54) is 0 Å². The van der Waals surface area contributed by atoms with Gasteiger partial charge in [-0.25, -0.2) is 0 Å². The molecule has 2 aromatic carbocycles. The molecule has 0 saturated carbocycles. The topological polar surface area (TPSA) is 69.3 Å². The molecular formula is C21H19N3O3. The molecule has 4 aromatic rings. The predicted molar refractivity (Wildman–Crippen MR) is 103 cm³/mol. The maximum absolute atomic E-state index is 12.8. The van der Waals surface area contributed by atoms with E-state index >= 15 is 0 Å². The quantitative estimate of drug-likeness (QED) is 0.577. The summed E-state index contributed by atoms with van der Waals surface area (Å²) in [5.41, 5.74) is 2.92. The first-order valence-electron chi connectivity index (χ1n) is 8.59. The Kier molecular flexibility index (Phi) is 4.38. The zero-order valence-corrected chi connectivity index (χ0v) is 15.1. The number of furan rings is 1. The molecule has 27 heavy (non-hydrogen) atoms. The van der Waals surface area contributed by atoms with Gasteiger partial charge in [-0.05, 0) is 30.7 Å². The first kappa shape index (κ1) is 16.9. The van der Waals surface area contributed by atoms with E-state index in [0.29, 0.717) is 34.9 Å². The van der Waals surface area contributed by atoms with Crippen LogP contribution in [0.3, 0.4) is 0 Å². The molecule has 2 aromatic heterocycles. The Balaban J connectivity index is 1.56. The van der Waals surface area contributed by atoms with Crippen molar-refractivity contribution in [1.29, 1.82) is 0 Å². The van der Waals surface area contributed by atoms with Crippen LogP contribution < -0.4 is 10.1 Å². The number of amides is 1. The number of fused-ring (bicyclic) bond motifs is 1. The maximum atomic E-state index is 12.8. The fourth-order valence-electron chi connectivity index (χ4n) is 3.09. The van der Waals surface area contributed by atoms with Gasteiger partial charge in [0.05, 0.1) is 31.1 Å². The number of methoxy groups -OCH3 is 1. The van der Waals surface area contributed by atoms with Crippen molar-refractivity contribution in [2.24, 2.45) is 0 Å². The minimum absolute atomic E-state index is 0.237. The summed E-state index contributed by atoms with van der Waals surface area (Å²) in [6.45, 7) is 2.42. The number of nitrogens with zero attached hydrogens (tertiary/aromatic N) is 2. The van der Waals surface area contributed by atoms with Crippen molar-refractivity contribution in [2.45, 2.75) is 13.5 Å². The summed E-state index contributed by atoms with van der Waals surface area (Å²) >= 11 is 0. The fourth-order valence-corrected chi connectivity index (χ4v) is 3.09. The largest absolute Gasteiger partial charge is 0.497 e. The molecule has 0 unspecified atom stereocenters. The van der Waals surface area contributed by atoms with Crippen molar-refractivity contribution in [2.75, 3.05) is 12.4 Å². The van der Waals surface area contributed by atoms with Gasteiger partial charge < -0.3 is 14.5 Å². The minimum atomic E-state index is -0.237. The third kappa shape index (κ3) is 3.42. The van der Waals surface area contributed by atoms with Crippen LogP contribution in [0.2, 0.25) is 0 Å². The Morgan fingerprint density at radius 2 is 2.04 bits per heavy atom. The normalized spacial score (nSPS) is 10.9. The summed E-state index contributed by atoms with van der Waals surface area (Å²) in [5, 5.41) is 7.94. The SMILES string of the molecule is COc1ccc2oc(C)c(C(=O)Nc3cnn(Cc4ccccc4)c3)c2c1. The molecule has 0 aliphatic heterocycles. The van der Waals surface area contributed by atoms with Gasteiger partial charge in [0.25, 0.3) is 5.91 Å². The molecule has 1 N–H and O–H groups in total. The molecule has 4 rings (SSSR count). The fraction of sp³-hybridized carbons (Fsp3) is 0.143. The molecule has 0 bridgehead atoms. The second-order valence-corrected chi connectivity index (χ2v) is 6.26. The number of ether oxygens (including phenoxy) is 1. The number of carbonyl (C=O) groups is 1. The molecule has 0 radical (unpaired) electrons. The van der Waals surface area contributed by atoms with Gasteiger partial charge in [-0.1, -0.05) is 30.3 Å². The number of rotatable bonds is 5. The van der Waals surface area contributed by atoms with Crippen LogP contribution in [-0.2, 0) is 6.54 Å².